The molecule has 22 heteroatoms. The SMILES string of the molecule is CC(C#N)O[Si](C)(C)C(C)(C)C.CC(O[Si](C)(C)C(C)(C)C)C(N)=O.CC(O[Si](C)(C)C(C)(C)C)C(N)=S.CC=O.CCOC(=O)c1csc(C(C)=O)n1.CCOC(=O)c1csc(C(C)O)n1. The van der Waals surface area contributed by atoms with E-state index in [1.54, 1.807) is 40.0 Å². The number of aromatic nitrogens is 2. The summed E-state index contributed by atoms with van der Waals surface area (Å²) in [5.74, 6) is -1.44. The van der Waals surface area contributed by atoms with E-state index in [4.69, 9.17) is 61.6 Å². The van der Waals surface area contributed by atoms with Crippen LogP contribution in [0.25, 0.3) is 0 Å². The second-order valence-electron chi connectivity index (χ2n) is 19.5. The molecule has 0 aliphatic heterocycles. The van der Waals surface area contributed by atoms with E-state index in [-0.39, 0.29) is 50.4 Å². The van der Waals surface area contributed by atoms with Crippen molar-refractivity contribution >= 4 is 94.7 Å². The Kier molecular flexibility index (Phi) is 33.5. The second kappa shape index (κ2) is 31.9. The topological polar surface area (TPSA) is 253 Å². The first-order valence-corrected chi connectivity index (χ1v) is 32.8. The molecule has 4 unspecified atom stereocenters. The van der Waals surface area contributed by atoms with E-state index in [2.05, 4.69) is 118 Å². The molecule has 0 radical (unpaired) electrons. The van der Waals surface area contributed by atoms with Crippen molar-refractivity contribution in [3.8, 4) is 6.07 Å². The molecule has 0 saturated heterocycles. The standard InChI is InChI=1S/C9H21NO2Si.C9H21NOSSi.C9H19NOSi.C8H11NO3S.C8H9NO3S.C2H4O/c1-7(8(10)11)12-13(5,6)9(2,3)4;1-7(8(10)12)11-13(5,6)9(2,3)4;1-8(7-10)11-12(5,6)9(2,3)4;2*1-3-12-8(11)6-4-13-7(9-6)5(2)10;1-2-3/h7H,1-6H3,(H2,10,11);7H,1-6H3,(H2,10,12);8H,1-6H3;4-5,10H,3H2,1-2H3;4H,3H2,1-2H3;2H,1H3. The third-order valence-electron chi connectivity index (χ3n) is 10.5. The zero-order valence-corrected chi connectivity index (χ0v) is 50.2. The zero-order chi connectivity index (χ0) is 54.1. The molecule has 2 heterocycles. The maximum atomic E-state index is 11.1. The summed E-state index contributed by atoms with van der Waals surface area (Å²) < 4.78 is 26.9. The normalized spacial score (nSPS) is 13.3. The number of ether oxygens (including phenoxy) is 2. The van der Waals surface area contributed by atoms with Crippen LogP contribution < -0.4 is 11.5 Å². The van der Waals surface area contributed by atoms with Gasteiger partial charge in [0.1, 0.15) is 34.6 Å². The van der Waals surface area contributed by atoms with Gasteiger partial charge in [0.2, 0.25) is 5.91 Å². The summed E-state index contributed by atoms with van der Waals surface area (Å²) in [5, 5.41) is 22.3. The number of primary amides is 1. The van der Waals surface area contributed by atoms with E-state index in [1.165, 1.54) is 30.6 Å². The summed E-state index contributed by atoms with van der Waals surface area (Å²) in [5.41, 5.74) is 11.1. The number of nitrogens with zero attached hydrogens (tertiary/aromatic N) is 3. The van der Waals surface area contributed by atoms with Crippen molar-refractivity contribution in [1.82, 2.24) is 9.97 Å². The van der Waals surface area contributed by atoms with Crippen molar-refractivity contribution in [2.75, 3.05) is 13.2 Å². The van der Waals surface area contributed by atoms with Gasteiger partial charge in [-0.05, 0) is 103 Å². The molecule has 386 valence electrons. The average molecular weight is 1050 g/mol. The largest absolute Gasteiger partial charge is 0.461 e. The number of aliphatic hydroxyl groups is 1. The van der Waals surface area contributed by atoms with E-state index in [0.29, 0.717) is 28.2 Å². The van der Waals surface area contributed by atoms with Crippen LogP contribution in [0, 0.1) is 11.3 Å². The fourth-order valence-electron chi connectivity index (χ4n) is 3.51. The Morgan fingerprint density at radius 2 is 1.09 bits per heavy atom. The van der Waals surface area contributed by atoms with Gasteiger partial charge in [-0.1, -0.05) is 74.5 Å². The average Bonchev–Trinajstić information content (AvgIpc) is 3.87. The fourth-order valence-corrected chi connectivity index (χ4v) is 9.07. The number of nitrogens with two attached hydrogens (primary N) is 2. The highest BCUT2D eigenvalue weighted by molar-refractivity contribution is 7.80. The molecule has 0 aromatic carbocycles. The molecule has 5 N–H and O–H groups in total. The minimum atomic E-state index is -1.83. The Morgan fingerprint density at radius 1 is 0.746 bits per heavy atom. The van der Waals surface area contributed by atoms with Gasteiger partial charge in [-0.25, -0.2) is 19.6 Å². The van der Waals surface area contributed by atoms with Crippen LogP contribution in [0.1, 0.15) is 160 Å². The summed E-state index contributed by atoms with van der Waals surface area (Å²) in [4.78, 5) is 60.9. The Morgan fingerprint density at radius 3 is 1.36 bits per heavy atom. The van der Waals surface area contributed by atoms with Gasteiger partial charge >= 0.3 is 11.9 Å². The Hall–Kier alpha value is -3.12. The highest BCUT2D eigenvalue weighted by Gasteiger charge is 2.40. The lowest BCUT2D eigenvalue weighted by Crippen LogP contribution is -2.46. The quantitative estimate of drug-likeness (QED) is 0.0523. The van der Waals surface area contributed by atoms with Crippen LogP contribution in [0.4, 0.5) is 0 Å². The Labute approximate surface area is 419 Å². The maximum absolute atomic E-state index is 11.1. The predicted octanol–water partition coefficient (Wildman–Crippen LogP) is 10.6. The van der Waals surface area contributed by atoms with Crippen molar-refractivity contribution in [3.63, 3.8) is 0 Å². The van der Waals surface area contributed by atoms with Gasteiger partial charge in [0, 0.05) is 17.7 Å². The predicted molar refractivity (Wildman–Crippen MR) is 283 cm³/mol. The summed E-state index contributed by atoms with van der Waals surface area (Å²) in [7, 11) is -5.24. The number of ketones is 1. The number of hydrogen-bond acceptors (Lipinski definition) is 17. The van der Waals surface area contributed by atoms with Crippen molar-refractivity contribution in [1.29, 1.82) is 5.26 Å². The third-order valence-corrected chi connectivity index (χ3v) is 26.4. The summed E-state index contributed by atoms with van der Waals surface area (Å²) >= 11 is 7.28. The Balaban J connectivity index is -0.000000365. The number of amides is 1. The molecule has 0 bridgehead atoms. The van der Waals surface area contributed by atoms with E-state index < -0.39 is 49.1 Å². The maximum Gasteiger partial charge on any atom is 0.357 e. The van der Waals surface area contributed by atoms with Gasteiger partial charge in [-0.15, -0.1) is 22.7 Å². The number of nitriles is 1. The van der Waals surface area contributed by atoms with Crippen molar-refractivity contribution in [2.45, 2.75) is 197 Å². The van der Waals surface area contributed by atoms with Gasteiger partial charge in [0.05, 0.1) is 25.4 Å². The molecule has 2 rings (SSSR count). The van der Waals surface area contributed by atoms with Crippen LogP contribution in [0.15, 0.2) is 10.8 Å². The van der Waals surface area contributed by atoms with E-state index >= 15 is 0 Å². The number of Topliss-reactive ketones (excluding diaryl/α,β-unsaturated/α-hetero) is 1. The molecule has 0 spiro atoms. The number of aliphatic hydroxyl groups excluding tert-OH is 1. The second-order valence-corrected chi connectivity index (χ2v) is 36.0. The molecule has 0 saturated carbocycles. The lowest BCUT2D eigenvalue weighted by molar-refractivity contribution is -0.124. The molecule has 1 amide bonds. The van der Waals surface area contributed by atoms with E-state index in [9.17, 15) is 19.2 Å². The van der Waals surface area contributed by atoms with Gasteiger partial charge < -0.3 is 44.1 Å². The summed E-state index contributed by atoms with van der Waals surface area (Å²) in [6.07, 6.45) is -0.726. The van der Waals surface area contributed by atoms with Crippen LogP contribution in [0.5, 0.6) is 0 Å². The van der Waals surface area contributed by atoms with Crippen LogP contribution in [-0.4, -0.2) is 106 Å². The number of carbonyl (C=O) groups is 5. The lowest BCUT2D eigenvalue weighted by Gasteiger charge is -2.38. The number of thiocarbonyl (C=S) groups is 1. The van der Waals surface area contributed by atoms with Gasteiger partial charge in [0.15, 0.2) is 47.1 Å². The number of carbonyl (C=O) groups excluding carboxylic acids is 5. The van der Waals surface area contributed by atoms with Crippen molar-refractivity contribution < 1.29 is 51.8 Å². The smallest absolute Gasteiger partial charge is 0.357 e. The molecular weight excluding hydrogens is 967 g/mol. The molecule has 0 aliphatic carbocycles. The minimum Gasteiger partial charge on any atom is -0.461 e. The highest BCUT2D eigenvalue weighted by Crippen LogP contribution is 2.39. The van der Waals surface area contributed by atoms with Gasteiger partial charge in [-0.3, -0.25) is 9.59 Å². The molecule has 4 atom stereocenters. The van der Waals surface area contributed by atoms with Crippen LogP contribution >= 0.6 is 34.9 Å². The first-order chi connectivity index (χ1) is 30.1. The number of thiazole rings is 2. The molecule has 67 heavy (non-hydrogen) atoms. The lowest BCUT2D eigenvalue weighted by atomic mass is 10.2. The molecule has 0 aliphatic rings. The van der Waals surface area contributed by atoms with Gasteiger partial charge in [-0.2, -0.15) is 5.26 Å². The first-order valence-electron chi connectivity index (χ1n) is 21.9. The monoisotopic (exact) mass is 1050 g/mol. The van der Waals surface area contributed by atoms with Gasteiger partial charge in [0.25, 0.3) is 0 Å². The molecule has 16 nitrogen and oxygen atoms in total. The number of hydrogen-bond donors (Lipinski definition) is 3. The fraction of sp³-hybridized carbons (Fsp3) is 0.711. The third kappa shape index (κ3) is 29.5. The summed E-state index contributed by atoms with van der Waals surface area (Å²) in [6.45, 7) is 46.4. The summed E-state index contributed by atoms with van der Waals surface area (Å²) in [6, 6.07) is 2.11. The van der Waals surface area contributed by atoms with Crippen molar-refractivity contribution in [2.24, 2.45) is 11.5 Å². The van der Waals surface area contributed by atoms with Crippen LogP contribution in [-0.2, 0) is 32.3 Å². The molecule has 2 aromatic heterocycles. The zero-order valence-electron chi connectivity index (χ0n) is 44.7. The van der Waals surface area contributed by atoms with E-state index in [1.807, 2.05) is 6.92 Å². The number of esters is 2. The number of rotatable bonds is 14. The molecular formula is C45H85N5O11S3Si3. The Bertz CT molecular complexity index is 1820. The molecule has 0 fully saturated rings. The minimum absolute atomic E-state index is 0.101. The first kappa shape index (κ1) is 70.4. The van der Waals surface area contributed by atoms with Crippen LogP contribution in [0.2, 0.25) is 54.4 Å². The van der Waals surface area contributed by atoms with E-state index in [0.717, 1.165) is 17.6 Å². The molecule has 2 aromatic rings. The van der Waals surface area contributed by atoms with Crippen LogP contribution in [0.3, 0.4) is 0 Å². The highest BCUT2D eigenvalue weighted by atomic mass is 32.1. The van der Waals surface area contributed by atoms with Crippen molar-refractivity contribution in [3.05, 3.63) is 32.2 Å². The number of aldehydes is 1.